The van der Waals surface area contributed by atoms with Crippen molar-refractivity contribution < 1.29 is 8.42 Å². The molecule has 1 aliphatic heterocycles. The SMILES string of the molecule is CCNC(=NCCCc1ccccc1)NCCN1CCCS1(=O)=O.I. The lowest BCUT2D eigenvalue weighted by molar-refractivity contribution is 0.445. The van der Waals surface area contributed by atoms with Crippen LogP contribution in [0, 0.1) is 0 Å². The highest BCUT2D eigenvalue weighted by molar-refractivity contribution is 14.0. The van der Waals surface area contributed by atoms with Crippen LogP contribution in [0.4, 0.5) is 0 Å². The van der Waals surface area contributed by atoms with Gasteiger partial charge >= 0.3 is 0 Å². The average Bonchev–Trinajstić information content (AvgIpc) is 2.91. The second kappa shape index (κ2) is 11.7. The molecule has 0 atom stereocenters. The predicted octanol–water partition coefficient (Wildman–Crippen LogP) is 1.83. The van der Waals surface area contributed by atoms with Crippen LogP contribution < -0.4 is 10.6 Å². The summed E-state index contributed by atoms with van der Waals surface area (Å²) in [5, 5.41) is 6.42. The van der Waals surface area contributed by atoms with Crippen molar-refractivity contribution >= 4 is 40.0 Å². The van der Waals surface area contributed by atoms with Gasteiger partial charge in [0, 0.05) is 32.7 Å². The molecule has 1 aromatic rings. The molecule has 8 heteroatoms. The summed E-state index contributed by atoms with van der Waals surface area (Å²) in [7, 11) is -3.02. The number of nitrogens with zero attached hydrogens (tertiary/aromatic N) is 2. The molecule has 142 valence electrons. The number of halogens is 1. The quantitative estimate of drug-likeness (QED) is 0.258. The van der Waals surface area contributed by atoms with Crippen LogP contribution in [0.1, 0.15) is 25.3 Å². The highest BCUT2D eigenvalue weighted by atomic mass is 127. The predicted molar refractivity (Wildman–Crippen MR) is 114 cm³/mol. The summed E-state index contributed by atoms with van der Waals surface area (Å²) in [5.41, 5.74) is 1.32. The van der Waals surface area contributed by atoms with E-state index in [0.717, 1.165) is 38.3 Å². The number of aryl methyl sites for hydroxylation is 1. The van der Waals surface area contributed by atoms with Gasteiger partial charge in [0.1, 0.15) is 0 Å². The van der Waals surface area contributed by atoms with E-state index in [0.29, 0.717) is 19.6 Å². The van der Waals surface area contributed by atoms with E-state index in [2.05, 4.69) is 39.9 Å². The number of aliphatic imine (C=N–C) groups is 1. The Bertz CT molecular complexity index is 623. The second-order valence-electron chi connectivity index (χ2n) is 5.85. The zero-order valence-corrected chi connectivity index (χ0v) is 17.9. The van der Waals surface area contributed by atoms with Crippen molar-refractivity contribution in [3.05, 3.63) is 35.9 Å². The topological polar surface area (TPSA) is 73.8 Å². The zero-order valence-electron chi connectivity index (χ0n) is 14.8. The van der Waals surface area contributed by atoms with E-state index in [1.807, 2.05) is 13.0 Å². The third kappa shape index (κ3) is 7.91. The number of hydrogen-bond acceptors (Lipinski definition) is 3. The molecule has 0 radical (unpaired) electrons. The Hall–Kier alpha value is -0.870. The molecule has 2 N–H and O–H groups in total. The summed E-state index contributed by atoms with van der Waals surface area (Å²) in [6, 6.07) is 10.4. The van der Waals surface area contributed by atoms with Crippen LogP contribution in [0.5, 0.6) is 0 Å². The van der Waals surface area contributed by atoms with Crippen LogP contribution in [-0.2, 0) is 16.4 Å². The third-order valence-electron chi connectivity index (χ3n) is 3.94. The van der Waals surface area contributed by atoms with Gasteiger partial charge in [-0.05, 0) is 31.7 Å². The fourth-order valence-electron chi connectivity index (χ4n) is 2.70. The largest absolute Gasteiger partial charge is 0.357 e. The van der Waals surface area contributed by atoms with Gasteiger partial charge < -0.3 is 10.6 Å². The molecule has 1 heterocycles. The Kier molecular flexibility index (Phi) is 10.4. The second-order valence-corrected chi connectivity index (χ2v) is 7.93. The minimum atomic E-state index is -3.02. The van der Waals surface area contributed by atoms with E-state index >= 15 is 0 Å². The van der Waals surface area contributed by atoms with Crippen LogP contribution in [0.2, 0.25) is 0 Å². The highest BCUT2D eigenvalue weighted by Gasteiger charge is 2.27. The standard InChI is InChI=1S/C17H28N4O2S.HI/c1-2-18-17(19-11-6-10-16-8-4-3-5-9-16)20-12-14-21-13-7-15-24(21,22)23;/h3-5,8-9H,2,6-7,10-15H2,1H3,(H2,18,19,20);1H. The van der Waals surface area contributed by atoms with Gasteiger partial charge in [0.15, 0.2) is 5.96 Å². The van der Waals surface area contributed by atoms with E-state index in [9.17, 15) is 8.42 Å². The van der Waals surface area contributed by atoms with Crippen LogP contribution in [0.15, 0.2) is 35.3 Å². The molecular formula is C17H29IN4O2S. The van der Waals surface area contributed by atoms with Crippen molar-refractivity contribution in [2.75, 3.05) is 38.5 Å². The maximum Gasteiger partial charge on any atom is 0.214 e. The molecule has 25 heavy (non-hydrogen) atoms. The molecule has 0 spiro atoms. The van der Waals surface area contributed by atoms with Crippen molar-refractivity contribution in [2.45, 2.75) is 26.2 Å². The summed E-state index contributed by atoms with van der Waals surface area (Å²) in [6.07, 6.45) is 2.73. The lowest BCUT2D eigenvalue weighted by atomic mass is 10.1. The highest BCUT2D eigenvalue weighted by Crippen LogP contribution is 2.11. The zero-order chi connectivity index (χ0) is 17.3. The van der Waals surface area contributed by atoms with Crippen molar-refractivity contribution in [3.8, 4) is 0 Å². The number of hydrogen-bond donors (Lipinski definition) is 2. The maximum atomic E-state index is 11.8. The van der Waals surface area contributed by atoms with Gasteiger partial charge in [0.2, 0.25) is 10.0 Å². The molecule has 2 rings (SSSR count). The van der Waals surface area contributed by atoms with Gasteiger partial charge in [-0.25, -0.2) is 12.7 Å². The van der Waals surface area contributed by atoms with Crippen LogP contribution >= 0.6 is 24.0 Å². The van der Waals surface area contributed by atoms with Gasteiger partial charge in [-0.1, -0.05) is 30.3 Å². The molecule has 1 aromatic carbocycles. The first-order valence-corrected chi connectivity index (χ1v) is 10.3. The summed E-state index contributed by atoms with van der Waals surface area (Å²) in [6.45, 7) is 5.25. The molecule has 1 aliphatic rings. The summed E-state index contributed by atoms with van der Waals surface area (Å²) in [4.78, 5) is 4.56. The molecule has 0 aliphatic carbocycles. The Morgan fingerprint density at radius 3 is 2.64 bits per heavy atom. The summed E-state index contributed by atoms with van der Waals surface area (Å²) < 4.78 is 25.1. The molecule has 1 saturated heterocycles. The Balaban J connectivity index is 0.00000312. The number of guanidine groups is 1. The molecule has 1 fully saturated rings. The van der Waals surface area contributed by atoms with E-state index in [-0.39, 0.29) is 29.7 Å². The van der Waals surface area contributed by atoms with Crippen LogP contribution in [-0.4, -0.2) is 57.2 Å². The first kappa shape index (κ1) is 22.2. The lowest BCUT2D eigenvalue weighted by Gasteiger charge is -2.16. The Labute approximate surface area is 168 Å². The summed E-state index contributed by atoms with van der Waals surface area (Å²) in [5.74, 6) is 1.03. The Morgan fingerprint density at radius 2 is 2.00 bits per heavy atom. The fraction of sp³-hybridized carbons (Fsp3) is 0.588. The third-order valence-corrected chi connectivity index (χ3v) is 5.89. The van der Waals surface area contributed by atoms with Crippen molar-refractivity contribution in [1.82, 2.24) is 14.9 Å². The monoisotopic (exact) mass is 480 g/mol. The van der Waals surface area contributed by atoms with E-state index in [1.165, 1.54) is 5.56 Å². The number of nitrogens with one attached hydrogen (secondary N) is 2. The fourth-order valence-corrected chi connectivity index (χ4v) is 4.23. The van der Waals surface area contributed by atoms with Gasteiger partial charge in [0.05, 0.1) is 5.75 Å². The number of rotatable bonds is 8. The maximum absolute atomic E-state index is 11.8. The van der Waals surface area contributed by atoms with Gasteiger partial charge in [0.25, 0.3) is 0 Å². The first-order chi connectivity index (χ1) is 11.6. The number of sulfonamides is 1. The van der Waals surface area contributed by atoms with Crippen molar-refractivity contribution in [3.63, 3.8) is 0 Å². The van der Waals surface area contributed by atoms with Gasteiger partial charge in [-0.15, -0.1) is 24.0 Å². The minimum absolute atomic E-state index is 0. The average molecular weight is 480 g/mol. The van der Waals surface area contributed by atoms with Gasteiger partial charge in [-0.3, -0.25) is 4.99 Å². The van der Waals surface area contributed by atoms with E-state index in [1.54, 1.807) is 4.31 Å². The van der Waals surface area contributed by atoms with Crippen LogP contribution in [0.25, 0.3) is 0 Å². The smallest absolute Gasteiger partial charge is 0.214 e. The summed E-state index contributed by atoms with van der Waals surface area (Å²) >= 11 is 0. The normalized spacial score (nSPS) is 17.1. The molecule has 0 aromatic heterocycles. The van der Waals surface area contributed by atoms with E-state index in [4.69, 9.17) is 0 Å². The van der Waals surface area contributed by atoms with Crippen molar-refractivity contribution in [1.29, 1.82) is 0 Å². The van der Waals surface area contributed by atoms with Crippen LogP contribution in [0.3, 0.4) is 0 Å². The molecule has 0 amide bonds. The van der Waals surface area contributed by atoms with Gasteiger partial charge in [-0.2, -0.15) is 0 Å². The molecule has 0 bridgehead atoms. The Morgan fingerprint density at radius 1 is 1.24 bits per heavy atom. The first-order valence-electron chi connectivity index (χ1n) is 8.66. The van der Waals surface area contributed by atoms with Crippen molar-refractivity contribution in [2.24, 2.45) is 4.99 Å². The van der Waals surface area contributed by atoms with E-state index < -0.39 is 10.0 Å². The lowest BCUT2D eigenvalue weighted by Crippen LogP contribution is -2.42. The molecule has 6 nitrogen and oxygen atoms in total. The molecular weight excluding hydrogens is 451 g/mol. The minimum Gasteiger partial charge on any atom is -0.357 e. The molecule has 0 saturated carbocycles. The molecule has 0 unspecified atom stereocenters. The number of benzene rings is 1.